The van der Waals surface area contributed by atoms with Crippen LogP contribution in [0.4, 0.5) is 0 Å². The van der Waals surface area contributed by atoms with Crippen molar-refractivity contribution < 1.29 is 14.3 Å². The van der Waals surface area contributed by atoms with Crippen LogP contribution in [0.25, 0.3) is 0 Å². The van der Waals surface area contributed by atoms with Crippen molar-refractivity contribution in [3.05, 3.63) is 60.2 Å². The number of nitrogens with zero attached hydrogens (tertiary/aromatic N) is 1. The second-order valence-electron chi connectivity index (χ2n) is 5.65. The van der Waals surface area contributed by atoms with Crippen LogP contribution in [0.1, 0.15) is 12.0 Å². The summed E-state index contributed by atoms with van der Waals surface area (Å²) in [6, 6.07) is 17.5. The lowest BCUT2D eigenvalue weighted by molar-refractivity contribution is -0.131. The highest BCUT2D eigenvalue weighted by atomic mass is 16.5. The Morgan fingerprint density at radius 1 is 1.00 bits per heavy atom. The molecule has 0 aliphatic carbocycles. The van der Waals surface area contributed by atoms with Gasteiger partial charge in [0.15, 0.2) is 11.5 Å². The fourth-order valence-corrected chi connectivity index (χ4v) is 2.57. The van der Waals surface area contributed by atoms with Gasteiger partial charge < -0.3 is 20.1 Å². The van der Waals surface area contributed by atoms with Crippen LogP contribution in [-0.4, -0.2) is 44.2 Å². The Balaban J connectivity index is 1.83. The quantitative estimate of drug-likeness (QED) is 0.720. The second-order valence-corrected chi connectivity index (χ2v) is 5.65. The molecule has 0 saturated heterocycles. The van der Waals surface area contributed by atoms with Crippen LogP contribution in [0, 0.1) is 0 Å². The molecule has 2 rings (SSSR count). The van der Waals surface area contributed by atoms with Crippen molar-refractivity contribution in [2.45, 2.75) is 12.8 Å². The van der Waals surface area contributed by atoms with E-state index in [9.17, 15) is 4.79 Å². The molecule has 2 aromatic carbocycles. The Morgan fingerprint density at radius 3 is 2.36 bits per heavy atom. The predicted molar refractivity (Wildman–Crippen MR) is 98.9 cm³/mol. The van der Waals surface area contributed by atoms with E-state index < -0.39 is 0 Å². The lowest BCUT2D eigenvalue weighted by Gasteiger charge is -2.22. The molecular weight excluding hydrogens is 316 g/mol. The zero-order valence-corrected chi connectivity index (χ0v) is 14.7. The van der Waals surface area contributed by atoms with Gasteiger partial charge >= 0.3 is 0 Å². The molecule has 0 unspecified atom stereocenters. The fraction of sp³-hybridized carbons (Fsp3) is 0.350. The van der Waals surface area contributed by atoms with Gasteiger partial charge in [-0.2, -0.15) is 0 Å². The van der Waals surface area contributed by atoms with E-state index in [1.165, 1.54) is 5.56 Å². The summed E-state index contributed by atoms with van der Waals surface area (Å²) in [5.41, 5.74) is 6.86. The van der Waals surface area contributed by atoms with Crippen LogP contribution in [0.3, 0.4) is 0 Å². The summed E-state index contributed by atoms with van der Waals surface area (Å²) in [6.45, 7) is 1.98. The number of para-hydroxylation sites is 2. The smallest absolute Gasteiger partial charge is 0.226 e. The van der Waals surface area contributed by atoms with Crippen LogP contribution in [0.15, 0.2) is 54.6 Å². The predicted octanol–water partition coefficient (Wildman–Crippen LogP) is 2.49. The zero-order chi connectivity index (χ0) is 17.9. The third kappa shape index (κ3) is 6.12. The van der Waals surface area contributed by atoms with E-state index in [-0.39, 0.29) is 5.91 Å². The number of benzene rings is 2. The average Bonchev–Trinajstić information content (AvgIpc) is 2.66. The molecule has 0 radical (unpaired) electrons. The van der Waals surface area contributed by atoms with Gasteiger partial charge in [0, 0.05) is 19.6 Å². The van der Waals surface area contributed by atoms with Crippen molar-refractivity contribution >= 4 is 5.91 Å². The molecule has 25 heavy (non-hydrogen) atoms. The van der Waals surface area contributed by atoms with E-state index in [1.807, 2.05) is 42.5 Å². The van der Waals surface area contributed by atoms with Crippen molar-refractivity contribution in [2.24, 2.45) is 5.73 Å². The fourth-order valence-electron chi connectivity index (χ4n) is 2.57. The van der Waals surface area contributed by atoms with Gasteiger partial charge in [-0.25, -0.2) is 0 Å². The van der Waals surface area contributed by atoms with Crippen LogP contribution in [0.5, 0.6) is 11.5 Å². The summed E-state index contributed by atoms with van der Waals surface area (Å²) >= 11 is 0. The van der Waals surface area contributed by atoms with Crippen LogP contribution in [-0.2, 0) is 11.2 Å². The zero-order valence-electron chi connectivity index (χ0n) is 14.7. The summed E-state index contributed by atoms with van der Waals surface area (Å²) in [6.07, 6.45) is 1.13. The maximum atomic E-state index is 12.5. The molecule has 2 N–H and O–H groups in total. The van der Waals surface area contributed by atoms with Crippen LogP contribution >= 0.6 is 0 Å². The van der Waals surface area contributed by atoms with E-state index >= 15 is 0 Å². The molecule has 134 valence electrons. The SMILES string of the molecule is COc1ccccc1OCCC(=O)N(CCN)CCc1ccccc1. The van der Waals surface area contributed by atoms with Crippen molar-refractivity contribution in [1.29, 1.82) is 0 Å². The van der Waals surface area contributed by atoms with Crippen LogP contribution in [0.2, 0.25) is 0 Å². The summed E-state index contributed by atoms with van der Waals surface area (Å²) in [5.74, 6) is 1.36. The van der Waals surface area contributed by atoms with Gasteiger partial charge in [0.25, 0.3) is 0 Å². The van der Waals surface area contributed by atoms with Gasteiger partial charge in [0.2, 0.25) is 5.91 Å². The summed E-state index contributed by atoms with van der Waals surface area (Å²) < 4.78 is 10.9. The maximum Gasteiger partial charge on any atom is 0.226 e. The van der Waals surface area contributed by atoms with Crippen molar-refractivity contribution in [1.82, 2.24) is 4.90 Å². The molecule has 0 saturated carbocycles. The number of amides is 1. The molecule has 0 fully saturated rings. The molecule has 0 atom stereocenters. The molecule has 5 nitrogen and oxygen atoms in total. The van der Waals surface area contributed by atoms with Crippen LogP contribution < -0.4 is 15.2 Å². The molecule has 5 heteroatoms. The molecule has 0 bridgehead atoms. The van der Waals surface area contributed by atoms with Gasteiger partial charge in [-0.15, -0.1) is 0 Å². The number of hydrogen-bond donors (Lipinski definition) is 1. The molecule has 2 aromatic rings. The highest BCUT2D eigenvalue weighted by Crippen LogP contribution is 2.25. The minimum atomic E-state index is 0.0521. The first-order valence-corrected chi connectivity index (χ1v) is 8.52. The molecule has 0 aliphatic heterocycles. The topological polar surface area (TPSA) is 64.8 Å². The first-order valence-electron chi connectivity index (χ1n) is 8.52. The standard InChI is InChI=1S/C20H26N2O3/c1-24-18-9-5-6-10-19(18)25-16-12-20(23)22(15-13-21)14-11-17-7-3-2-4-8-17/h2-10H,11-16,21H2,1H3. The Hall–Kier alpha value is -2.53. The lowest BCUT2D eigenvalue weighted by Crippen LogP contribution is -2.37. The largest absolute Gasteiger partial charge is 0.493 e. The van der Waals surface area contributed by atoms with Crippen molar-refractivity contribution in [3.63, 3.8) is 0 Å². The normalized spacial score (nSPS) is 10.3. The number of carbonyl (C=O) groups is 1. The van der Waals surface area contributed by atoms with Crippen molar-refractivity contribution in [2.75, 3.05) is 33.4 Å². The summed E-state index contributed by atoms with van der Waals surface area (Å²) in [7, 11) is 1.60. The molecular formula is C20H26N2O3. The van der Waals surface area contributed by atoms with E-state index in [2.05, 4.69) is 12.1 Å². The van der Waals surface area contributed by atoms with Gasteiger partial charge in [0.1, 0.15) is 0 Å². The Bertz CT molecular complexity index is 646. The average molecular weight is 342 g/mol. The number of carbonyl (C=O) groups excluding carboxylic acids is 1. The monoisotopic (exact) mass is 342 g/mol. The van der Waals surface area contributed by atoms with Gasteiger partial charge in [-0.3, -0.25) is 4.79 Å². The second kappa shape index (κ2) is 10.4. The van der Waals surface area contributed by atoms with Gasteiger partial charge in [-0.05, 0) is 24.1 Å². The Labute approximate surface area is 149 Å². The number of methoxy groups -OCH3 is 1. The number of rotatable bonds is 10. The highest BCUT2D eigenvalue weighted by molar-refractivity contribution is 5.76. The number of ether oxygens (including phenoxy) is 2. The van der Waals surface area contributed by atoms with Gasteiger partial charge in [-0.1, -0.05) is 42.5 Å². The van der Waals surface area contributed by atoms with E-state index in [0.717, 1.165) is 6.42 Å². The number of hydrogen-bond acceptors (Lipinski definition) is 4. The molecule has 0 aromatic heterocycles. The third-order valence-electron chi connectivity index (χ3n) is 3.91. The lowest BCUT2D eigenvalue weighted by atomic mass is 10.1. The molecule has 0 aliphatic rings. The molecule has 0 heterocycles. The first-order chi connectivity index (χ1) is 12.2. The Morgan fingerprint density at radius 2 is 1.68 bits per heavy atom. The van der Waals surface area contributed by atoms with E-state index in [4.69, 9.17) is 15.2 Å². The van der Waals surface area contributed by atoms with Gasteiger partial charge in [0.05, 0.1) is 20.1 Å². The van der Waals surface area contributed by atoms with E-state index in [1.54, 1.807) is 12.0 Å². The Kier molecular flexibility index (Phi) is 7.79. The highest BCUT2D eigenvalue weighted by Gasteiger charge is 2.13. The summed E-state index contributed by atoms with van der Waals surface area (Å²) in [4.78, 5) is 14.3. The third-order valence-corrected chi connectivity index (χ3v) is 3.91. The summed E-state index contributed by atoms with van der Waals surface area (Å²) in [5, 5.41) is 0. The number of nitrogens with two attached hydrogens (primary N) is 1. The molecule has 1 amide bonds. The minimum absolute atomic E-state index is 0.0521. The minimum Gasteiger partial charge on any atom is -0.493 e. The first kappa shape index (κ1) is 18.8. The van der Waals surface area contributed by atoms with Crippen molar-refractivity contribution in [3.8, 4) is 11.5 Å². The maximum absolute atomic E-state index is 12.5. The molecule has 0 spiro atoms. The van der Waals surface area contributed by atoms with E-state index in [0.29, 0.717) is 44.2 Å².